The highest BCUT2D eigenvalue weighted by Gasteiger charge is 2.36. The molecule has 1 aromatic rings. The van der Waals surface area contributed by atoms with Gasteiger partial charge in [-0.1, -0.05) is 0 Å². The predicted molar refractivity (Wildman–Crippen MR) is 45.4 cm³/mol. The van der Waals surface area contributed by atoms with Gasteiger partial charge in [0.1, 0.15) is 21.2 Å². The van der Waals surface area contributed by atoms with Crippen molar-refractivity contribution in [1.82, 2.24) is 4.98 Å². The molecule has 2 N–H and O–H groups in total. The van der Waals surface area contributed by atoms with Crippen LogP contribution >= 0.6 is 0 Å². The minimum atomic E-state index is -2.05. The number of rotatable bonds is 3. The smallest absolute Gasteiger partial charge is 0.383 e. The molecule has 0 bridgehead atoms. The van der Waals surface area contributed by atoms with Crippen LogP contribution in [-0.4, -0.2) is 14.8 Å². The van der Waals surface area contributed by atoms with Crippen molar-refractivity contribution in [2.75, 3.05) is 5.73 Å². The van der Waals surface area contributed by atoms with Gasteiger partial charge in [0.05, 0.1) is 0 Å². The molecule has 1 aromatic heterocycles. The summed E-state index contributed by atoms with van der Waals surface area (Å²) < 4.78 is 0. The Morgan fingerprint density at radius 3 is 2.36 bits per heavy atom. The van der Waals surface area contributed by atoms with E-state index in [9.17, 15) is 20.2 Å². The summed E-state index contributed by atoms with van der Waals surface area (Å²) >= 11 is 0. The third kappa shape index (κ3) is 1.73. The molecule has 0 aliphatic heterocycles. The number of hydrogen-bond donors (Lipinski definition) is 1. The fourth-order valence-electron chi connectivity index (χ4n) is 0.952. The molecule has 1 rings (SSSR count). The predicted octanol–water partition coefficient (Wildman–Crippen LogP) is 0.216. The van der Waals surface area contributed by atoms with Gasteiger partial charge < -0.3 is 5.73 Å². The highest BCUT2D eigenvalue weighted by atomic mass is 16.7. The van der Waals surface area contributed by atoms with E-state index < -0.39 is 16.0 Å². The largest absolute Gasteiger partial charge is 0.480 e. The minimum absolute atomic E-state index is 0.203. The number of nitrogens with zero attached hydrogens (tertiary/aromatic N) is 3. The third-order valence-electron chi connectivity index (χ3n) is 1.55. The Balaban J connectivity index is 3.18. The van der Waals surface area contributed by atoms with E-state index in [-0.39, 0.29) is 11.4 Å². The second-order valence-corrected chi connectivity index (χ2v) is 2.42. The number of hydrogen-bond acceptors (Lipinski definition) is 6. The first-order chi connectivity index (χ1) is 6.54. The van der Waals surface area contributed by atoms with Crippen molar-refractivity contribution in [3.8, 4) is 0 Å². The summed E-state index contributed by atoms with van der Waals surface area (Å²) in [6.07, 6.45) is -0.751. The Labute approximate surface area is 77.7 Å². The van der Waals surface area contributed by atoms with Gasteiger partial charge in [-0.05, 0) is 12.1 Å². The molecular weight excluding hydrogens is 192 g/mol. The molecule has 0 unspecified atom stereocenters. The van der Waals surface area contributed by atoms with Crippen molar-refractivity contribution in [2.45, 2.75) is 6.17 Å². The van der Waals surface area contributed by atoms with E-state index in [4.69, 9.17) is 5.73 Å². The van der Waals surface area contributed by atoms with Crippen molar-refractivity contribution >= 4 is 5.82 Å². The van der Waals surface area contributed by atoms with E-state index >= 15 is 0 Å². The van der Waals surface area contributed by atoms with E-state index in [1.165, 1.54) is 18.3 Å². The van der Waals surface area contributed by atoms with Crippen LogP contribution in [0.4, 0.5) is 5.82 Å². The molecule has 14 heavy (non-hydrogen) atoms. The van der Waals surface area contributed by atoms with Gasteiger partial charge in [-0.2, -0.15) is 0 Å². The summed E-state index contributed by atoms with van der Waals surface area (Å²) in [6, 6.07) is 2.56. The molecule has 0 fully saturated rings. The first kappa shape index (κ1) is 9.84. The molecule has 8 heteroatoms. The van der Waals surface area contributed by atoms with E-state index in [0.717, 1.165) is 0 Å². The average Bonchev–Trinajstić information content (AvgIpc) is 2.07. The van der Waals surface area contributed by atoms with Crippen LogP contribution in [0.5, 0.6) is 0 Å². The molecule has 0 aromatic carbocycles. The zero-order valence-corrected chi connectivity index (χ0v) is 6.86. The van der Waals surface area contributed by atoms with Crippen molar-refractivity contribution in [3.05, 3.63) is 44.1 Å². The van der Waals surface area contributed by atoms with Gasteiger partial charge in [0.25, 0.3) is 0 Å². The molecule has 0 aliphatic carbocycles. The molecule has 0 atom stereocenters. The normalized spacial score (nSPS) is 10.1. The minimum Gasteiger partial charge on any atom is -0.383 e. The lowest BCUT2D eigenvalue weighted by Crippen LogP contribution is -2.21. The summed E-state index contributed by atoms with van der Waals surface area (Å²) in [7, 11) is 0. The highest BCUT2D eigenvalue weighted by molar-refractivity contribution is 5.38. The van der Waals surface area contributed by atoms with Gasteiger partial charge >= 0.3 is 6.17 Å². The van der Waals surface area contributed by atoms with Crippen LogP contribution in [0.3, 0.4) is 0 Å². The topological polar surface area (TPSA) is 125 Å². The second kappa shape index (κ2) is 3.64. The molecule has 0 saturated heterocycles. The lowest BCUT2D eigenvalue weighted by Gasteiger charge is -2.03. The van der Waals surface area contributed by atoms with Crippen molar-refractivity contribution < 1.29 is 9.85 Å². The first-order valence-electron chi connectivity index (χ1n) is 3.51. The lowest BCUT2D eigenvalue weighted by atomic mass is 10.2. The molecule has 1 heterocycles. The maximum Gasteiger partial charge on any atom is 0.480 e. The number of pyridine rings is 1. The Morgan fingerprint density at radius 2 is 1.93 bits per heavy atom. The third-order valence-corrected chi connectivity index (χ3v) is 1.55. The first-order valence-corrected chi connectivity index (χ1v) is 3.51. The van der Waals surface area contributed by atoms with Gasteiger partial charge in [-0.3, -0.25) is 20.2 Å². The summed E-state index contributed by atoms with van der Waals surface area (Å²) in [5.41, 5.74) is 5.07. The van der Waals surface area contributed by atoms with E-state index in [2.05, 4.69) is 4.98 Å². The monoisotopic (exact) mass is 198 g/mol. The van der Waals surface area contributed by atoms with E-state index in [0.29, 0.717) is 0 Å². The van der Waals surface area contributed by atoms with Crippen LogP contribution < -0.4 is 5.73 Å². The molecule has 0 saturated carbocycles. The molecule has 0 amide bonds. The van der Waals surface area contributed by atoms with Crippen LogP contribution in [0.15, 0.2) is 18.3 Å². The zero-order valence-electron chi connectivity index (χ0n) is 6.86. The van der Waals surface area contributed by atoms with Crippen LogP contribution in [0.2, 0.25) is 0 Å². The number of nitrogens with two attached hydrogens (primary N) is 1. The van der Waals surface area contributed by atoms with Gasteiger partial charge in [-0.25, -0.2) is 4.98 Å². The van der Waals surface area contributed by atoms with Crippen molar-refractivity contribution in [2.24, 2.45) is 0 Å². The van der Waals surface area contributed by atoms with Gasteiger partial charge in [-0.15, -0.1) is 0 Å². The van der Waals surface area contributed by atoms with Gasteiger partial charge in [0, 0.05) is 6.20 Å². The Hall–Kier alpha value is -2.25. The fourth-order valence-corrected chi connectivity index (χ4v) is 0.952. The zero-order chi connectivity index (χ0) is 10.7. The van der Waals surface area contributed by atoms with Crippen LogP contribution in [-0.2, 0) is 0 Å². The summed E-state index contributed by atoms with van der Waals surface area (Å²) in [5.74, 6) is -0.203. The molecule has 0 aliphatic rings. The van der Waals surface area contributed by atoms with Crippen molar-refractivity contribution in [3.63, 3.8) is 0 Å². The molecular formula is C6H6N4O4. The Kier molecular flexibility index (Phi) is 2.56. The van der Waals surface area contributed by atoms with E-state index in [1.807, 2.05) is 0 Å². The molecule has 8 nitrogen and oxygen atoms in total. The Bertz CT molecular complexity index is 366. The standard InChI is InChI=1S/C6H6N4O4/c7-5-4(2-1-3-8-5)6(9(11)12)10(13)14/h1-3,6H,(H2,7,8). The number of anilines is 1. The molecule has 0 spiro atoms. The molecule has 74 valence electrons. The van der Waals surface area contributed by atoms with Crippen molar-refractivity contribution in [1.29, 1.82) is 0 Å². The maximum absolute atomic E-state index is 10.4. The van der Waals surface area contributed by atoms with Gasteiger partial charge in [0.15, 0.2) is 0 Å². The number of aromatic nitrogens is 1. The van der Waals surface area contributed by atoms with E-state index in [1.54, 1.807) is 0 Å². The number of nitro groups is 2. The van der Waals surface area contributed by atoms with Crippen LogP contribution in [0.25, 0.3) is 0 Å². The second-order valence-electron chi connectivity index (χ2n) is 2.42. The fraction of sp³-hybridized carbons (Fsp3) is 0.167. The summed E-state index contributed by atoms with van der Waals surface area (Å²) in [4.78, 5) is 22.2. The average molecular weight is 198 g/mol. The highest BCUT2D eigenvalue weighted by Crippen LogP contribution is 2.20. The number of nitrogen functional groups attached to an aromatic ring is 1. The molecule has 0 radical (unpaired) electrons. The summed E-state index contributed by atoms with van der Waals surface area (Å²) in [6.45, 7) is 0. The van der Waals surface area contributed by atoms with Crippen LogP contribution in [0.1, 0.15) is 11.7 Å². The Morgan fingerprint density at radius 1 is 1.36 bits per heavy atom. The summed E-state index contributed by atoms with van der Waals surface area (Å²) in [5, 5.41) is 20.7. The quantitative estimate of drug-likeness (QED) is 0.420. The maximum atomic E-state index is 10.4. The SMILES string of the molecule is Nc1ncccc1C([N+](=O)[O-])[N+](=O)[O-]. The lowest BCUT2D eigenvalue weighted by molar-refractivity contribution is -0.752. The van der Waals surface area contributed by atoms with Gasteiger partial charge in [0.2, 0.25) is 0 Å². The van der Waals surface area contributed by atoms with Crippen LogP contribution in [0, 0.1) is 20.2 Å².